The molecule has 0 amide bonds. The second-order valence-corrected chi connectivity index (χ2v) is 7.06. The van der Waals surface area contributed by atoms with Gasteiger partial charge in [-0.2, -0.15) is 0 Å². The van der Waals surface area contributed by atoms with E-state index in [4.69, 9.17) is 11.6 Å². The van der Waals surface area contributed by atoms with E-state index in [-0.39, 0.29) is 10.3 Å². The predicted molar refractivity (Wildman–Crippen MR) is 73.5 cm³/mol. The highest BCUT2D eigenvalue weighted by molar-refractivity contribution is 7.89. The molecule has 1 N–H and O–H groups in total. The fourth-order valence-electron chi connectivity index (χ4n) is 1.25. The molecule has 18 heavy (non-hydrogen) atoms. The van der Waals surface area contributed by atoms with Crippen molar-refractivity contribution >= 4 is 27.4 Å². The summed E-state index contributed by atoms with van der Waals surface area (Å²) in [5.74, 6) is 0.644. The first-order valence-corrected chi connectivity index (χ1v) is 7.48. The standard InChI is InChI=1S/C11H18ClN3O2S/c1-9(12)6-7-13-11-5-4-10(8-14-11)18(16,17)15(2)3/h4-5,8-9H,6-7H2,1-3H3,(H,13,14). The summed E-state index contributed by atoms with van der Waals surface area (Å²) in [6, 6.07) is 3.18. The zero-order valence-electron chi connectivity index (χ0n) is 10.7. The van der Waals surface area contributed by atoms with Crippen LogP contribution >= 0.6 is 11.6 Å². The van der Waals surface area contributed by atoms with Gasteiger partial charge in [-0.3, -0.25) is 0 Å². The number of nitrogens with one attached hydrogen (secondary N) is 1. The molecule has 0 fully saturated rings. The Bertz CT molecular complexity index is 472. The molecular formula is C11H18ClN3O2S. The van der Waals surface area contributed by atoms with Crippen LogP contribution in [0.3, 0.4) is 0 Å². The van der Waals surface area contributed by atoms with E-state index >= 15 is 0 Å². The Morgan fingerprint density at radius 2 is 2.11 bits per heavy atom. The first kappa shape index (κ1) is 15.2. The third-order valence-electron chi connectivity index (χ3n) is 2.36. The summed E-state index contributed by atoms with van der Waals surface area (Å²) in [4.78, 5) is 4.25. The highest BCUT2D eigenvalue weighted by Crippen LogP contribution is 2.14. The molecule has 1 aromatic heterocycles. The van der Waals surface area contributed by atoms with Crippen LogP contribution in [0.5, 0.6) is 0 Å². The van der Waals surface area contributed by atoms with Crippen LogP contribution in [-0.4, -0.2) is 43.7 Å². The molecule has 102 valence electrons. The molecule has 0 bridgehead atoms. The van der Waals surface area contributed by atoms with E-state index in [9.17, 15) is 8.42 Å². The van der Waals surface area contributed by atoms with E-state index in [1.54, 1.807) is 6.07 Å². The highest BCUT2D eigenvalue weighted by atomic mass is 35.5. The minimum Gasteiger partial charge on any atom is -0.370 e. The van der Waals surface area contributed by atoms with Crippen molar-refractivity contribution in [1.29, 1.82) is 0 Å². The van der Waals surface area contributed by atoms with Crippen molar-refractivity contribution in [1.82, 2.24) is 9.29 Å². The van der Waals surface area contributed by atoms with Gasteiger partial charge in [0.2, 0.25) is 10.0 Å². The quantitative estimate of drug-likeness (QED) is 0.811. The Morgan fingerprint density at radius 3 is 2.56 bits per heavy atom. The first-order valence-electron chi connectivity index (χ1n) is 5.60. The van der Waals surface area contributed by atoms with Gasteiger partial charge in [0, 0.05) is 32.2 Å². The Morgan fingerprint density at radius 1 is 1.44 bits per heavy atom. The lowest BCUT2D eigenvalue weighted by atomic mass is 10.3. The summed E-state index contributed by atoms with van der Waals surface area (Å²) in [5.41, 5.74) is 0. The van der Waals surface area contributed by atoms with Crippen molar-refractivity contribution in [3.63, 3.8) is 0 Å². The summed E-state index contributed by atoms with van der Waals surface area (Å²) >= 11 is 5.82. The Labute approximate surface area is 113 Å². The van der Waals surface area contributed by atoms with Gasteiger partial charge in [0.05, 0.1) is 0 Å². The van der Waals surface area contributed by atoms with E-state index in [0.29, 0.717) is 12.4 Å². The second kappa shape index (κ2) is 6.36. The Kier molecular flexibility index (Phi) is 5.37. The molecule has 1 heterocycles. The number of sulfonamides is 1. The summed E-state index contributed by atoms with van der Waals surface area (Å²) in [7, 11) is -0.427. The molecule has 0 aromatic carbocycles. The number of nitrogens with zero attached hydrogens (tertiary/aromatic N) is 2. The number of hydrogen-bond donors (Lipinski definition) is 1. The number of hydrogen-bond acceptors (Lipinski definition) is 4. The number of pyridine rings is 1. The van der Waals surface area contributed by atoms with Gasteiger partial charge in [0.25, 0.3) is 0 Å². The smallest absolute Gasteiger partial charge is 0.244 e. The van der Waals surface area contributed by atoms with Crippen LogP contribution in [0.25, 0.3) is 0 Å². The second-order valence-electron chi connectivity index (χ2n) is 4.16. The van der Waals surface area contributed by atoms with Crippen LogP contribution in [0.4, 0.5) is 5.82 Å². The van der Waals surface area contributed by atoms with Gasteiger partial charge in [0.1, 0.15) is 10.7 Å². The van der Waals surface area contributed by atoms with Gasteiger partial charge >= 0.3 is 0 Å². The summed E-state index contributed by atoms with van der Waals surface area (Å²) in [6.07, 6.45) is 2.17. The van der Waals surface area contributed by atoms with Gasteiger partial charge in [-0.05, 0) is 25.5 Å². The van der Waals surface area contributed by atoms with E-state index in [0.717, 1.165) is 10.7 Å². The topological polar surface area (TPSA) is 62.3 Å². The molecule has 0 aliphatic heterocycles. The molecule has 1 aromatic rings. The largest absolute Gasteiger partial charge is 0.370 e. The average Bonchev–Trinajstić information content (AvgIpc) is 2.29. The van der Waals surface area contributed by atoms with Crippen molar-refractivity contribution in [2.75, 3.05) is 26.0 Å². The first-order chi connectivity index (χ1) is 8.34. The molecule has 7 heteroatoms. The maximum absolute atomic E-state index is 11.8. The highest BCUT2D eigenvalue weighted by Gasteiger charge is 2.17. The van der Waals surface area contributed by atoms with Crippen LogP contribution in [0.15, 0.2) is 23.2 Å². The molecule has 0 saturated carbocycles. The van der Waals surface area contributed by atoms with Gasteiger partial charge in [-0.15, -0.1) is 11.6 Å². The molecule has 1 unspecified atom stereocenters. The lowest BCUT2D eigenvalue weighted by molar-refractivity contribution is 0.520. The van der Waals surface area contributed by atoms with E-state index in [1.807, 2.05) is 6.92 Å². The molecule has 0 aliphatic rings. The normalized spacial score (nSPS) is 13.6. The molecule has 1 atom stereocenters. The van der Waals surface area contributed by atoms with Crippen LogP contribution in [0.2, 0.25) is 0 Å². The van der Waals surface area contributed by atoms with Gasteiger partial charge in [-0.1, -0.05) is 0 Å². The van der Waals surface area contributed by atoms with Crippen LogP contribution in [0, 0.1) is 0 Å². The van der Waals surface area contributed by atoms with Crippen molar-refractivity contribution in [2.24, 2.45) is 0 Å². The summed E-state index contributed by atoms with van der Waals surface area (Å²) in [6.45, 7) is 2.63. The van der Waals surface area contributed by atoms with Crippen molar-refractivity contribution in [2.45, 2.75) is 23.6 Å². The molecule has 0 aliphatic carbocycles. The molecule has 5 nitrogen and oxygen atoms in total. The fourth-order valence-corrected chi connectivity index (χ4v) is 2.20. The Balaban J connectivity index is 2.69. The lowest BCUT2D eigenvalue weighted by Gasteiger charge is -2.11. The number of rotatable bonds is 6. The van der Waals surface area contributed by atoms with Crippen molar-refractivity contribution in [3.05, 3.63) is 18.3 Å². The van der Waals surface area contributed by atoms with Crippen LogP contribution < -0.4 is 5.32 Å². The lowest BCUT2D eigenvalue weighted by Crippen LogP contribution is -2.22. The zero-order chi connectivity index (χ0) is 13.8. The summed E-state index contributed by atoms with van der Waals surface area (Å²) < 4.78 is 24.7. The SMILES string of the molecule is CC(Cl)CCNc1ccc(S(=O)(=O)N(C)C)cn1. The van der Waals surface area contributed by atoms with Gasteiger partial charge < -0.3 is 5.32 Å². The van der Waals surface area contributed by atoms with Crippen LogP contribution in [-0.2, 0) is 10.0 Å². The molecule has 0 radical (unpaired) electrons. The molecule has 1 rings (SSSR count). The van der Waals surface area contributed by atoms with Gasteiger partial charge in [0.15, 0.2) is 0 Å². The number of alkyl halides is 1. The van der Waals surface area contributed by atoms with E-state index < -0.39 is 10.0 Å². The minimum atomic E-state index is -3.41. The average molecular weight is 292 g/mol. The molecule has 0 spiro atoms. The maximum atomic E-state index is 11.8. The third kappa shape index (κ3) is 4.12. The number of anilines is 1. The summed E-state index contributed by atoms with van der Waals surface area (Å²) in [5, 5.41) is 3.18. The Hall–Kier alpha value is -0.850. The van der Waals surface area contributed by atoms with Crippen LogP contribution in [0.1, 0.15) is 13.3 Å². The van der Waals surface area contributed by atoms with Gasteiger partial charge in [-0.25, -0.2) is 17.7 Å². The monoisotopic (exact) mass is 291 g/mol. The fraction of sp³-hybridized carbons (Fsp3) is 0.545. The van der Waals surface area contributed by atoms with E-state index in [1.165, 1.54) is 26.4 Å². The molecular weight excluding hydrogens is 274 g/mol. The van der Waals surface area contributed by atoms with Crippen molar-refractivity contribution in [3.8, 4) is 0 Å². The van der Waals surface area contributed by atoms with Crippen molar-refractivity contribution < 1.29 is 8.42 Å². The zero-order valence-corrected chi connectivity index (χ0v) is 12.3. The molecule has 0 saturated heterocycles. The number of aromatic nitrogens is 1. The minimum absolute atomic E-state index is 0.103. The maximum Gasteiger partial charge on any atom is 0.244 e. The predicted octanol–water partition coefficient (Wildman–Crippen LogP) is 1.76. The van der Waals surface area contributed by atoms with E-state index in [2.05, 4.69) is 10.3 Å². The third-order valence-corrected chi connectivity index (χ3v) is 4.38. The number of halogens is 1.